The predicted molar refractivity (Wildman–Crippen MR) is 91.9 cm³/mol. The smallest absolute Gasteiger partial charge is 0.237 e. The number of hydrogen-bond acceptors (Lipinski definition) is 5. The van der Waals surface area contributed by atoms with Gasteiger partial charge in [-0.25, -0.2) is 4.98 Å². The average Bonchev–Trinajstić information content (AvgIpc) is 3.08. The zero-order valence-electron chi connectivity index (χ0n) is 13.3. The zero-order chi connectivity index (χ0) is 17.1. The quantitative estimate of drug-likeness (QED) is 0.792. The molecule has 0 saturated carbocycles. The van der Waals surface area contributed by atoms with Gasteiger partial charge in [0.2, 0.25) is 11.8 Å². The number of rotatable bonds is 4. The molecule has 124 valence electrons. The second-order valence-corrected chi connectivity index (χ2v) is 5.56. The Morgan fingerprint density at radius 3 is 2.76 bits per heavy atom. The number of amides is 1. The van der Waals surface area contributed by atoms with Gasteiger partial charge in [0.1, 0.15) is 24.0 Å². The summed E-state index contributed by atoms with van der Waals surface area (Å²) in [4.78, 5) is 20.5. The van der Waals surface area contributed by atoms with Gasteiger partial charge in [0, 0.05) is 23.6 Å². The first-order chi connectivity index (χ1) is 12.3. The molecule has 4 rings (SSSR count). The van der Waals surface area contributed by atoms with Crippen molar-refractivity contribution in [2.24, 2.45) is 0 Å². The second kappa shape index (κ2) is 6.60. The van der Waals surface area contributed by atoms with Crippen LogP contribution in [0.4, 0.5) is 5.69 Å². The summed E-state index contributed by atoms with van der Waals surface area (Å²) < 4.78 is 11.1. The summed E-state index contributed by atoms with van der Waals surface area (Å²) in [5.74, 6) is 1.42. The highest BCUT2D eigenvalue weighted by Gasteiger charge is 2.29. The molecule has 0 unspecified atom stereocenters. The third kappa shape index (κ3) is 3.28. The molecule has 0 bridgehead atoms. The number of benzene rings is 2. The lowest BCUT2D eigenvalue weighted by atomic mass is 10.0. The minimum atomic E-state index is -0.299. The van der Waals surface area contributed by atoms with Gasteiger partial charge < -0.3 is 14.8 Å². The van der Waals surface area contributed by atoms with Crippen molar-refractivity contribution >= 4 is 11.6 Å². The minimum Gasteiger partial charge on any atom is -0.492 e. The molecule has 0 spiro atoms. The Labute approximate surface area is 144 Å². The maximum atomic E-state index is 12.5. The largest absolute Gasteiger partial charge is 0.492 e. The first kappa shape index (κ1) is 15.1. The van der Waals surface area contributed by atoms with Gasteiger partial charge in [-0.3, -0.25) is 9.78 Å². The fraction of sp³-hybridized carbons (Fsp3) is 0.105. The first-order valence-electron chi connectivity index (χ1n) is 7.86. The molecule has 0 radical (unpaired) electrons. The minimum absolute atomic E-state index is 0.0902. The third-order valence-corrected chi connectivity index (χ3v) is 3.90. The van der Waals surface area contributed by atoms with Crippen molar-refractivity contribution in [2.45, 2.75) is 5.92 Å². The average molecular weight is 333 g/mol. The van der Waals surface area contributed by atoms with E-state index < -0.39 is 0 Å². The number of nitrogens with one attached hydrogen (secondary N) is 1. The Hall–Kier alpha value is -3.41. The van der Waals surface area contributed by atoms with E-state index in [1.165, 1.54) is 6.20 Å². The van der Waals surface area contributed by atoms with Crippen LogP contribution in [0.25, 0.3) is 0 Å². The molecule has 0 fully saturated rings. The van der Waals surface area contributed by atoms with Crippen LogP contribution in [0.1, 0.15) is 11.5 Å². The lowest BCUT2D eigenvalue weighted by Crippen LogP contribution is -2.22. The number of hydrogen-bond donors (Lipinski definition) is 1. The van der Waals surface area contributed by atoms with Gasteiger partial charge in [0.05, 0.1) is 6.20 Å². The molecule has 1 aliphatic heterocycles. The van der Waals surface area contributed by atoms with E-state index in [4.69, 9.17) is 9.47 Å². The van der Waals surface area contributed by atoms with E-state index in [-0.39, 0.29) is 11.8 Å². The number of anilines is 1. The van der Waals surface area contributed by atoms with Gasteiger partial charge in [0.25, 0.3) is 0 Å². The van der Waals surface area contributed by atoms with Crippen LogP contribution in [0.5, 0.6) is 17.4 Å². The molecule has 1 amide bonds. The summed E-state index contributed by atoms with van der Waals surface area (Å²) in [6, 6.07) is 14.7. The van der Waals surface area contributed by atoms with E-state index >= 15 is 0 Å². The molecule has 1 aliphatic rings. The van der Waals surface area contributed by atoms with E-state index in [2.05, 4.69) is 15.3 Å². The van der Waals surface area contributed by atoms with Gasteiger partial charge in [-0.15, -0.1) is 0 Å². The van der Waals surface area contributed by atoms with Crippen LogP contribution < -0.4 is 14.8 Å². The van der Waals surface area contributed by atoms with Crippen LogP contribution in [-0.4, -0.2) is 22.5 Å². The monoisotopic (exact) mass is 333 g/mol. The van der Waals surface area contributed by atoms with Crippen molar-refractivity contribution < 1.29 is 14.3 Å². The van der Waals surface area contributed by atoms with E-state index in [9.17, 15) is 4.79 Å². The molecule has 2 heterocycles. The van der Waals surface area contributed by atoms with Crippen molar-refractivity contribution in [3.63, 3.8) is 0 Å². The third-order valence-electron chi connectivity index (χ3n) is 3.90. The number of fused-ring (bicyclic) bond motifs is 1. The van der Waals surface area contributed by atoms with Crippen LogP contribution in [0, 0.1) is 0 Å². The second-order valence-electron chi connectivity index (χ2n) is 5.56. The number of nitrogens with zero attached hydrogens (tertiary/aromatic N) is 2. The zero-order valence-corrected chi connectivity index (χ0v) is 13.3. The number of para-hydroxylation sites is 1. The summed E-state index contributed by atoms with van der Waals surface area (Å²) in [5, 5.41) is 2.91. The lowest BCUT2D eigenvalue weighted by Gasteiger charge is -2.11. The number of aromatic nitrogens is 2. The Bertz CT molecular complexity index is 882. The van der Waals surface area contributed by atoms with Crippen molar-refractivity contribution in [3.8, 4) is 17.4 Å². The fourth-order valence-corrected chi connectivity index (χ4v) is 2.67. The van der Waals surface area contributed by atoms with Gasteiger partial charge in [-0.2, -0.15) is 0 Å². The first-order valence-corrected chi connectivity index (χ1v) is 7.86. The van der Waals surface area contributed by atoms with Crippen molar-refractivity contribution in [2.75, 3.05) is 11.9 Å². The highest BCUT2D eigenvalue weighted by Crippen LogP contribution is 2.34. The summed E-state index contributed by atoms with van der Waals surface area (Å²) in [6.07, 6.45) is 4.68. The SMILES string of the molecule is O=C(Nc1ccc(Oc2cnccn2)cc1)[C@H]1COc2ccccc21. The predicted octanol–water partition coefficient (Wildman–Crippen LogP) is 3.38. The molecule has 0 aliphatic carbocycles. The molecule has 1 N–H and O–H groups in total. The number of carbonyl (C=O) groups excluding carboxylic acids is 1. The molecular formula is C19H15N3O3. The van der Waals surface area contributed by atoms with Crippen LogP contribution in [0.3, 0.4) is 0 Å². The molecule has 6 nitrogen and oxygen atoms in total. The van der Waals surface area contributed by atoms with Crippen LogP contribution >= 0.6 is 0 Å². The summed E-state index contributed by atoms with van der Waals surface area (Å²) in [7, 11) is 0. The standard InChI is InChI=1S/C19H15N3O3/c23-19(16-12-24-17-4-2-1-3-15(16)17)22-13-5-7-14(8-6-13)25-18-11-20-9-10-21-18/h1-11,16H,12H2,(H,22,23)/t16-/m0/s1. The van der Waals surface area contributed by atoms with Crippen molar-refractivity contribution in [1.29, 1.82) is 0 Å². The summed E-state index contributed by atoms with van der Waals surface area (Å²) in [6.45, 7) is 0.360. The Balaban J connectivity index is 1.42. The Kier molecular flexibility index (Phi) is 4.00. The van der Waals surface area contributed by atoms with Crippen LogP contribution in [-0.2, 0) is 4.79 Å². The number of ether oxygens (including phenoxy) is 2. The van der Waals surface area contributed by atoms with Crippen molar-refractivity contribution in [3.05, 3.63) is 72.7 Å². The van der Waals surface area contributed by atoms with Gasteiger partial charge in [0.15, 0.2) is 0 Å². The molecular weight excluding hydrogens is 318 g/mol. The van der Waals surface area contributed by atoms with Crippen LogP contribution in [0.2, 0.25) is 0 Å². The van der Waals surface area contributed by atoms with Gasteiger partial charge in [-0.1, -0.05) is 18.2 Å². The summed E-state index contributed by atoms with van der Waals surface area (Å²) >= 11 is 0. The van der Waals surface area contributed by atoms with E-state index in [0.29, 0.717) is 23.9 Å². The van der Waals surface area contributed by atoms with Crippen LogP contribution in [0.15, 0.2) is 67.1 Å². The molecule has 0 saturated heterocycles. The maximum Gasteiger partial charge on any atom is 0.237 e. The Morgan fingerprint density at radius 2 is 1.96 bits per heavy atom. The maximum absolute atomic E-state index is 12.5. The van der Waals surface area contributed by atoms with E-state index in [0.717, 1.165) is 11.3 Å². The highest BCUT2D eigenvalue weighted by atomic mass is 16.5. The normalized spacial score (nSPS) is 15.1. The van der Waals surface area contributed by atoms with Gasteiger partial charge >= 0.3 is 0 Å². The molecule has 6 heteroatoms. The number of carbonyl (C=O) groups is 1. The molecule has 2 aromatic carbocycles. The van der Waals surface area contributed by atoms with Crippen molar-refractivity contribution in [1.82, 2.24) is 9.97 Å². The topological polar surface area (TPSA) is 73.3 Å². The van der Waals surface area contributed by atoms with E-state index in [1.807, 2.05) is 24.3 Å². The molecule has 1 aromatic heterocycles. The molecule has 3 aromatic rings. The lowest BCUT2D eigenvalue weighted by molar-refractivity contribution is -0.117. The van der Waals surface area contributed by atoms with E-state index in [1.54, 1.807) is 36.7 Å². The Morgan fingerprint density at radius 1 is 1.12 bits per heavy atom. The highest BCUT2D eigenvalue weighted by molar-refractivity contribution is 5.96. The molecule has 1 atom stereocenters. The summed E-state index contributed by atoms with van der Waals surface area (Å²) in [5.41, 5.74) is 1.61. The fourth-order valence-electron chi connectivity index (χ4n) is 2.67. The van der Waals surface area contributed by atoms with Gasteiger partial charge in [-0.05, 0) is 30.3 Å². The molecule has 25 heavy (non-hydrogen) atoms.